The fraction of sp³-hybridized carbons (Fsp3) is 0.308. The quantitative estimate of drug-likeness (QED) is 0.472. The average molecular weight is 523 g/mol. The lowest BCUT2D eigenvalue weighted by atomic mass is 9.63. The number of rotatable bonds is 7. The number of hydrogen-bond acceptors (Lipinski definition) is 7. The number of oxazole rings is 1. The van der Waals surface area contributed by atoms with Gasteiger partial charge in [0, 0.05) is 19.3 Å². The maximum Gasteiger partial charge on any atom is 0.209 e. The second-order valence-corrected chi connectivity index (χ2v) is 10.7. The molecular formula is C26H27FN6O3S. The molecule has 0 amide bonds. The average Bonchev–Trinajstić information content (AvgIpc) is 3.59. The number of carbonyl (C=O) groups excluding carboxylic acids is 1. The lowest BCUT2D eigenvalue weighted by Gasteiger charge is -2.45. The minimum atomic E-state index is -1.54. The number of nitrogens with two attached hydrogens (primary N) is 1. The van der Waals surface area contributed by atoms with Crippen molar-refractivity contribution in [1.29, 1.82) is 0 Å². The van der Waals surface area contributed by atoms with E-state index >= 15 is 0 Å². The predicted molar refractivity (Wildman–Crippen MR) is 136 cm³/mol. The van der Waals surface area contributed by atoms with Crippen molar-refractivity contribution >= 4 is 28.7 Å². The summed E-state index contributed by atoms with van der Waals surface area (Å²) < 4.78 is 35.9. The van der Waals surface area contributed by atoms with Crippen LogP contribution in [-0.4, -0.2) is 41.3 Å². The SMILES string of the molecule is Cn1cc(S(=O)N(Cc2ncco2)C2CCC3=CC(=Nc4ccc(F)cc4)/C(=C\N)CC3(C=O)C2)cn1. The number of benzene rings is 1. The molecule has 0 saturated heterocycles. The van der Waals surface area contributed by atoms with Gasteiger partial charge in [0.1, 0.15) is 29.4 Å². The lowest BCUT2D eigenvalue weighted by Crippen LogP contribution is -2.46. The molecule has 1 aromatic carbocycles. The van der Waals surface area contributed by atoms with Crippen molar-refractivity contribution in [2.75, 3.05) is 0 Å². The standard InChI is InChI=1S/C26H27FN6O3S/c1-32-15-23(14-30-32)37(35)33(16-25-29-8-9-36-25)22-7-2-19-10-24(31-21-5-3-20(27)4-6-21)18(13-28)11-26(19,12-22)17-34/h3-6,8-10,13-15,17,22H,2,7,11-12,16,28H2,1H3/b18-13-,31-24?. The van der Waals surface area contributed by atoms with E-state index in [9.17, 15) is 13.4 Å². The zero-order valence-corrected chi connectivity index (χ0v) is 21.1. The summed E-state index contributed by atoms with van der Waals surface area (Å²) >= 11 is 0. The van der Waals surface area contributed by atoms with Crippen LogP contribution < -0.4 is 5.73 Å². The first-order valence-corrected chi connectivity index (χ1v) is 13.0. The Hall–Kier alpha value is -3.70. The molecule has 5 rings (SSSR count). The van der Waals surface area contributed by atoms with E-state index in [1.54, 1.807) is 42.5 Å². The van der Waals surface area contributed by atoms with E-state index in [-0.39, 0.29) is 18.4 Å². The van der Waals surface area contributed by atoms with Crippen LogP contribution in [0, 0.1) is 11.2 Å². The molecule has 2 aliphatic rings. The third kappa shape index (κ3) is 5.09. The van der Waals surface area contributed by atoms with Crippen LogP contribution in [0.1, 0.15) is 31.6 Å². The molecule has 0 aliphatic heterocycles. The zero-order chi connectivity index (χ0) is 26.0. The number of aryl methyl sites for hydroxylation is 1. The Balaban J connectivity index is 1.47. The Labute approximate surface area is 216 Å². The number of allylic oxidation sites excluding steroid dienone is 3. The van der Waals surface area contributed by atoms with Crippen LogP contribution >= 0.6 is 0 Å². The van der Waals surface area contributed by atoms with Crippen LogP contribution in [0.2, 0.25) is 0 Å². The molecular weight excluding hydrogens is 495 g/mol. The van der Waals surface area contributed by atoms with Gasteiger partial charge in [-0.2, -0.15) is 5.10 Å². The highest BCUT2D eigenvalue weighted by Gasteiger charge is 2.46. The number of fused-ring (bicyclic) bond motifs is 1. The molecule has 2 N–H and O–H groups in total. The molecule has 0 spiro atoms. The van der Waals surface area contributed by atoms with E-state index < -0.39 is 16.4 Å². The van der Waals surface area contributed by atoms with E-state index in [1.807, 2.05) is 10.4 Å². The Morgan fingerprint density at radius 2 is 2.19 bits per heavy atom. The minimum absolute atomic E-state index is 0.190. The highest BCUT2D eigenvalue weighted by atomic mass is 32.2. The minimum Gasteiger partial charge on any atom is -0.448 e. The maximum absolute atomic E-state index is 13.7. The molecule has 2 aromatic heterocycles. The van der Waals surface area contributed by atoms with Crippen molar-refractivity contribution < 1.29 is 17.8 Å². The fourth-order valence-electron chi connectivity index (χ4n) is 5.04. The van der Waals surface area contributed by atoms with Gasteiger partial charge < -0.3 is 14.9 Å². The molecule has 37 heavy (non-hydrogen) atoms. The zero-order valence-electron chi connectivity index (χ0n) is 20.3. The van der Waals surface area contributed by atoms with Gasteiger partial charge in [0.25, 0.3) is 0 Å². The summed E-state index contributed by atoms with van der Waals surface area (Å²) in [4.78, 5) is 22.1. The smallest absolute Gasteiger partial charge is 0.209 e. The first-order chi connectivity index (χ1) is 17.9. The van der Waals surface area contributed by atoms with Crippen LogP contribution in [-0.2, 0) is 29.4 Å². The van der Waals surface area contributed by atoms with Crippen molar-refractivity contribution in [3.63, 3.8) is 0 Å². The van der Waals surface area contributed by atoms with Gasteiger partial charge in [-0.15, -0.1) is 0 Å². The summed E-state index contributed by atoms with van der Waals surface area (Å²) in [5.41, 5.74) is 8.14. The summed E-state index contributed by atoms with van der Waals surface area (Å²) in [6, 6.07) is 5.72. The van der Waals surface area contributed by atoms with Crippen molar-refractivity contribution in [1.82, 2.24) is 19.1 Å². The van der Waals surface area contributed by atoms with Crippen molar-refractivity contribution in [3.05, 3.63) is 84.2 Å². The topological polar surface area (TPSA) is 120 Å². The van der Waals surface area contributed by atoms with Gasteiger partial charge in [0.15, 0.2) is 0 Å². The third-order valence-corrected chi connectivity index (χ3v) is 8.38. The second-order valence-electron chi connectivity index (χ2n) is 9.28. The molecule has 1 fully saturated rings. The van der Waals surface area contributed by atoms with Gasteiger partial charge in [-0.25, -0.2) is 22.9 Å². The van der Waals surface area contributed by atoms with Gasteiger partial charge in [0.2, 0.25) is 5.89 Å². The van der Waals surface area contributed by atoms with Crippen LogP contribution in [0.25, 0.3) is 0 Å². The fourth-order valence-corrected chi connectivity index (χ4v) is 6.37. The number of nitrogens with zero attached hydrogens (tertiary/aromatic N) is 5. The molecule has 3 unspecified atom stereocenters. The normalized spacial score (nSPS) is 24.7. The Kier molecular flexibility index (Phi) is 6.98. The number of aldehydes is 1. The summed E-state index contributed by atoms with van der Waals surface area (Å²) in [6.07, 6.45) is 12.8. The summed E-state index contributed by atoms with van der Waals surface area (Å²) in [7, 11) is 0.230. The van der Waals surface area contributed by atoms with Gasteiger partial charge in [-0.3, -0.25) is 4.68 Å². The Bertz CT molecular complexity index is 1400. The third-order valence-electron chi connectivity index (χ3n) is 6.91. The number of hydrogen-bond donors (Lipinski definition) is 1. The van der Waals surface area contributed by atoms with E-state index in [0.29, 0.717) is 47.9 Å². The molecule has 3 aromatic rings. The summed E-state index contributed by atoms with van der Waals surface area (Å²) in [5, 5.41) is 4.16. The van der Waals surface area contributed by atoms with Gasteiger partial charge in [0.05, 0.1) is 40.6 Å². The largest absolute Gasteiger partial charge is 0.448 e. The maximum atomic E-state index is 13.7. The van der Waals surface area contributed by atoms with Gasteiger partial charge >= 0.3 is 0 Å². The number of aromatic nitrogens is 3. The van der Waals surface area contributed by atoms with Crippen molar-refractivity contribution in [3.8, 4) is 0 Å². The van der Waals surface area contributed by atoms with E-state index in [4.69, 9.17) is 10.2 Å². The molecule has 0 bridgehead atoms. The van der Waals surface area contributed by atoms with Gasteiger partial charge in [-0.05, 0) is 67.8 Å². The van der Waals surface area contributed by atoms with E-state index in [0.717, 1.165) is 17.4 Å². The number of halogens is 1. The van der Waals surface area contributed by atoms with E-state index in [1.165, 1.54) is 24.6 Å². The van der Waals surface area contributed by atoms with Crippen molar-refractivity contribution in [2.24, 2.45) is 23.2 Å². The highest BCUT2D eigenvalue weighted by Crippen LogP contribution is 2.49. The molecule has 9 nitrogen and oxygen atoms in total. The first kappa shape index (κ1) is 25.0. The molecule has 192 valence electrons. The van der Waals surface area contributed by atoms with Crippen molar-refractivity contribution in [2.45, 2.75) is 43.2 Å². The predicted octanol–water partition coefficient (Wildman–Crippen LogP) is 3.76. The van der Waals surface area contributed by atoms with Crippen LogP contribution in [0.15, 0.2) is 86.8 Å². The highest BCUT2D eigenvalue weighted by molar-refractivity contribution is 7.82. The van der Waals surface area contributed by atoms with Gasteiger partial charge in [-0.1, -0.05) is 5.57 Å². The Morgan fingerprint density at radius 3 is 2.84 bits per heavy atom. The summed E-state index contributed by atoms with van der Waals surface area (Å²) in [5.74, 6) is 0.107. The monoisotopic (exact) mass is 522 g/mol. The van der Waals surface area contributed by atoms with Crippen LogP contribution in [0.3, 0.4) is 0 Å². The number of aliphatic imine (C=N–C) groups is 1. The molecule has 2 heterocycles. The lowest BCUT2D eigenvalue weighted by molar-refractivity contribution is -0.116. The van der Waals surface area contributed by atoms with Crippen LogP contribution in [0.4, 0.5) is 10.1 Å². The molecule has 2 aliphatic carbocycles. The van der Waals surface area contributed by atoms with Crippen LogP contribution in [0.5, 0.6) is 0 Å². The summed E-state index contributed by atoms with van der Waals surface area (Å²) in [6.45, 7) is 0.226. The molecule has 1 saturated carbocycles. The molecule has 0 radical (unpaired) electrons. The molecule has 3 atom stereocenters. The number of carbonyl (C=O) groups is 1. The Morgan fingerprint density at radius 1 is 1.38 bits per heavy atom. The first-order valence-electron chi connectivity index (χ1n) is 11.9. The molecule has 11 heteroatoms. The van der Waals surface area contributed by atoms with E-state index in [2.05, 4.69) is 15.1 Å². The second kappa shape index (κ2) is 10.3.